The van der Waals surface area contributed by atoms with Crippen LogP contribution in [-0.4, -0.2) is 55.3 Å². The van der Waals surface area contributed by atoms with Crippen molar-refractivity contribution in [3.63, 3.8) is 0 Å². The summed E-state index contributed by atoms with van der Waals surface area (Å²) < 4.78 is 109. The molecule has 0 amide bonds. The Morgan fingerprint density at radius 2 is 1.69 bits per heavy atom. The van der Waals surface area contributed by atoms with Crippen LogP contribution in [0.5, 0.6) is 0 Å². The van der Waals surface area contributed by atoms with Gasteiger partial charge in [-0.1, -0.05) is 0 Å². The van der Waals surface area contributed by atoms with Gasteiger partial charge in [0.05, 0.1) is 11.3 Å². The van der Waals surface area contributed by atoms with Gasteiger partial charge in [0.2, 0.25) is 6.10 Å². The summed E-state index contributed by atoms with van der Waals surface area (Å²) in [5.41, 5.74) is 3.22. The molecule has 2 aromatic heterocycles. The number of aliphatic hydroxyl groups is 1. The molecule has 36 heavy (non-hydrogen) atoms. The molecule has 3 N–H and O–H groups in total. The van der Waals surface area contributed by atoms with Gasteiger partial charge in [-0.2, -0.15) is 26.3 Å². The van der Waals surface area contributed by atoms with E-state index in [1.54, 1.807) is 0 Å². The van der Waals surface area contributed by atoms with Gasteiger partial charge in [-0.25, -0.2) is 18.7 Å². The number of pyridine rings is 1. The third-order valence-corrected chi connectivity index (χ3v) is 7.78. The number of aliphatic hydroxyl groups excluding tert-OH is 1. The third-order valence-electron chi connectivity index (χ3n) is 7.78. The maximum Gasteiger partial charge on any atom is 0.421 e. The van der Waals surface area contributed by atoms with Gasteiger partial charge in [0.25, 0.3) is 5.92 Å². The molecule has 3 aliphatic carbocycles. The first-order chi connectivity index (χ1) is 16.6. The van der Waals surface area contributed by atoms with Crippen LogP contribution in [0.2, 0.25) is 0 Å². The van der Waals surface area contributed by atoms with Gasteiger partial charge < -0.3 is 15.4 Å². The first-order valence-electron chi connectivity index (χ1n) is 11.4. The van der Waals surface area contributed by atoms with Crippen molar-refractivity contribution >= 4 is 5.82 Å². The van der Waals surface area contributed by atoms with E-state index in [1.165, 1.54) is 10.8 Å². The minimum atomic E-state index is -5.06. The van der Waals surface area contributed by atoms with Gasteiger partial charge in [0, 0.05) is 55.5 Å². The fourth-order valence-electron chi connectivity index (χ4n) is 5.94. The summed E-state index contributed by atoms with van der Waals surface area (Å²) in [6.45, 7) is 0.355. The molecule has 4 fully saturated rings. The Labute approximate surface area is 200 Å². The molecule has 3 heterocycles. The van der Waals surface area contributed by atoms with E-state index in [4.69, 9.17) is 5.73 Å². The summed E-state index contributed by atoms with van der Waals surface area (Å²) in [4.78, 5) is 9.37. The molecule has 0 radical (unpaired) electrons. The van der Waals surface area contributed by atoms with E-state index in [-0.39, 0.29) is 43.1 Å². The van der Waals surface area contributed by atoms with Crippen LogP contribution in [0.15, 0.2) is 18.5 Å². The highest BCUT2D eigenvalue weighted by atomic mass is 19.4. The zero-order valence-corrected chi connectivity index (χ0v) is 18.8. The van der Waals surface area contributed by atoms with Crippen molar-refractivity contribution in [3.8, 4) is 11.3 Å². The van der Waals surface area contributed by atoms with Gasteiger partial charge in [-0.3, -0.25) is 4.90 Å². The molecule has 2 atom stereocenters. The van der Waals surface area contributed by atoms with Crippen LogP contribution in [0.25, 0.3) is 11.3 Å². The number of nitrogens with zero attached hydrogens (tertiary/aromatic N) is 4. The second-order valence-corrected chi connectivity index (χ2v) is 10.00. The van der Waals surface area contributed by atoms with Crippen molar-refractivity contribution in [1.29, 1.82) is 0 Å². The summed E-state index contributed by atoms with van der Waals surface area (Å²) in [6.07, 6.45) is -9.71. The van der Waals surface area contributed by atoms with Crippen molar-refractivity contribution in [2.24, 2.45) is 5.92 Å². The van der Waals surface area contributed by atoms with Crippen LogP contribution < -0.4 is 5.73 Å². The molecule has 4 aliphatic rings. The summed E-state index contributed by atoms with van der Waals surface area (Å²) in [5, 5.41) is 10.0. The number of hydrogen-bond donors (Lipinski definition) is 2. The average molecular weight is 525 g/mol. The molecule has 0 aromatic carbocycles. The zero-order chi connectivity index (χ0) is 26.3. The van der Waals surface area contributed by atoms with Crippen molar-refractivity contribution in [1.82, 2.24) is 19.4 Å². The smallest absolute Gasteiger partial charge is 0.383 e. The number of aromatic nitrogens is 3. The quantitative estimate of drug-likeness (QED) is 0.552. The van der Waals surface area contributed by atoms with E-state index in [0.717, 1.165) is 6.20 Å². The molecule has 198 valence electrons. The molecule has 6 rings (SSSR count). The minimum Gasteiger partial charge on any atom is -0.383 e. The molecule has 0 spiro atoms. The van der Waals surface area contributed by atoms with Gasteiger partial charge in [0.15, 0.2) is 0 Å². The summed E-state index contributed by atoms with van der Waals surface area (Å²) in [6, 6.07) is 0.132. The summed E-state index contributed by atoms with van der Waals surface area (Å²) in [5.74, 6) is -4.34. The van der Waals surface area contributed by atoms with Crippen molar-refractivity contribution in [2.75, 3.05) is 18.8 Å². The number of likely N-dealkylation sites (tertiary alicyclic amines) is 1. The number of piperidine rings is 1. The highest BCUT2D eigenvalue weighted by Gasteiger charge is 2.61. The molecule has 3 saturated carbocycles. The van der Waals surface area contributed by atoms with E-state index >= 15 is 0 Å². The zero-order valence-electron chi connectivity index (χ0n) is 18.8. The van der Waals surface area contributed by atoms with E-state index in [0.29, 0.717) is 25.3 Å². The van der Waals surface area contributed by atoms with Gasteiger partial charge in [-0.15, -0.1) is 0 Å². The van der Waals surface area contributed by atoms with Gasteiger partial charge in [-0.05, 0) is 31.2 Å². The molecular formula is C22H23F8N5O. The Balaban J connectivity index is 1.49. The van der Waals surface area contributed by atoms with Crippen molar-refractivity contribution in [3.05, 3.63) is 29.8 Å². The predicted molar refractivity (Wildman–Crippen MR) is 111 cm³/mol. The number of fused-ring (bicyclic) bond motifs is 1. The Bertz CT molecular complexity index is 1140. The Hall–Kier alpha value is -2.48. The number of rotatable bonds is 4. The van der Waals surface area contributed by atoms with E-state index in [2.05, 4.69) is 9.97 Å². The number of nitrogen functional groups attached to an aromatic ring is 1. The lowest BCUT2D eigenvalue weighted by Gasteiger charge is -2.50. The van der Waals surface area contributed by atoms with Crippen molar-refractivity contribution in [2.45, 2.75) is 68.1 Å². The molecule has 6 nitrogen and oxygen atoms in total. The van der Waals surface area contributed by atoms with Crippen LogP contribution in [0, 0.1) is 5.92 Å². The third kappa shape index (κ3) is 4.21. The minimum absolute atomic E-state index is 0.0797. The largest absolute Gasteiger partial charge is 0.421 e. The second-order valence-electron chi connectivity index (χ2n) is 10.00. The number of halogens is 8. The summed E-state index contributed by atoms with van der Waals surface area (Å²) >= 11 is 0. The topological polar surface area (TPSA) is 80.2 Å². The summed E-state index contributed by atoms with van der Waals surface area (Å²) in [7, 11) is 0. The highest BCUT2D eigenvalue weighted by Crippen LogP contribution is 2.62. The molecule has 1 saturated heterocycles. The predicted octanol–water partition coefficient (Wildman–Crippen LogP) is 4.97. The Morgan fingerprint density at radius 1 is 1.06 bits per heavy atom. The van der Waals surface area contributed by atoms with Gasteiger partial charge >= 0.3 is 12.4 Å². The average Bonchev–Trinajstić information content (AvgIpc) is 3.43. The maximum atomic E-state index is 13.6. The number of imidazole rings is 1. The van der Waals surface area contributed by atoms with Crippen LogP contribution in [0.4, 0.5) is 40.9 Å². The SMILES string of the molecule is Nc1ncc(-c2cn(C3CC4(N5CCC(F)(F)CC5)CC3C4)c([C@H](O)C(F)(F)F)n2)cc1C(F)(F)F. The number of anilines is 1. The fourth-order valence-corrected chi connectivity index (χ4v) is 5.94. The molecule has 2 aromatic rings. The van der Waals surface area contributed by atoms with E-state index in [9.17, 15) is 40.2 Å². The van der Waals surface area contributed by atoms with E-state index in [1.807, 2.05) is 4.90 Å². The Kier molecular flexibility index (Phi) is 5.60. The first-order valence-corrected chi connectivity index (χ1v) is 11.4. The second kappa shape index (κ2) is 8.01. The van der Waals surface area contributed by atoms with Crippen molar-refractivity contribution < 1.29 is 40.2 Å². The molecular weight excluding hydrogens is 502 g/mol. The standard InChI is InChI=1S/C22H23F8N5O/c23-20(24)1-3-34(4-2-20)19-6-12(7-19)15(8-19)35-10-14(33-18(35)16(36)22(28,29)30)11-5-13(21(25,26)27)17(31)32-9-11/h5,9-10,12,15-16,36H,1-4,6-8H2,(H2,31,32)/t12?,15?,16-,19?/m0/s1. The number of hydrogen-bond acceptors (Lipinski definition) is 5. The van der Waals surface area contributed by atoms with E-state index < -0.39 is 53.2 Å². The number of nitrogens with two attached hydrogens (primary N) is 1. The maximum absolute atomic E-state index is 13.6. The lowest BCUT2D eigenvalue weighted by Crippen LogP contribution is -2.56. The van der Waals surface area contributed by atoms with Crippen LogP contribution in [0.1, 0.15) is 55.6 Å². The van der Waals surface area contributed by atoms with Gasteiger partial charge in [0.1, 0.15) is 11.6 Å². The Morgan fingerprint density at radius 3 is 2.28 bits per heavy atom. The fraction of sp³-hybridized carbons (Fsp3) is 0.636. The lowest BCUT2D eigenvalue weighted by atomic mass is 9.74. The molecule has 2 bridgehead atoms. The molecule has 1 aliphatic heterocycles. The monoisotopic (exact) mass is 525 g/mol. The lowest BCUT2D eigenvalue weighted by molar-refractivity contribution is -0.210. The van der Waals surface area contributed by atoms with Crippen LogP contribution >= 0.6 is 0 Å². The first kappa shape index (κ1) is 25.2. The number of alkyl halides is 8. The molecule has 1 unspecified atom stereocenters. The molecule has 14 heteroatoms. The van der Waals surface area contributed by atoms with Crippen LogP contribution in [-0.2, 0) is 6.18 Å². The van der Waals surface area contributed by atoms with Crippen LogP contribution in [0.3, 0.4) is 0 Å². The highest BCUT2D eigenvalue weighted by molar-refractivity contribution is 5.62. The normalized spacial score (nSPS) is 29.2.